The zero-order chi connectivity index (χ0) is 25.8. The van der Waals surface area contributed by atoms with Crippen molar-refractivity contribution >= 4 is 34.9 Å². The Morgan fingerprint density at radius 3 is 2.17 bits per heavy atom. The van der Waals surface area contributed by atoms with Gasteiger partial charge in [-0.15, -0.1) is 0 Å². The van der Waals surface area contributed by atoms with Crippen molar-refractivity contribution in [2.75, 3.05) is 13.1 Å². The van der Waals surface area contributed by atoms with Gasteiger partial charge in [0.1, 0.15) is 11.3 Å². The predicted molar refractivity (Wildman–Crippen MR) is 146 cm³/mol. The molecule has 0 spiro atoms. The third-order valence-electron chi connectivity index (χ3n) is 5.48. The van der Waals surface area contributed by atoms with E-state index < -0.39 is 5.60 Å². The molecule has 5 nitrogen and oxygen atoms in total. The highest BCUT2D eigenvalue weighted by Crippen LogP contribution is 2.37. The molecular weight excluding hydrogens is 481 g/mol. The highest BCUT2D eigenvalue weighted by molar-refractivity contribution is 6.37. The van der Waals surface area contributed by atoms with E-state index in [0.717, 1.165) is 28.1 Å². The lowest BCUT2D eigenvalue weighted by Crippen LogP contribution is -2.39. The number of rotatable bonds is 3. The monoisotopic (exact) mass is 513 g/mol. The van der Waals surface area contributed by atoms with Crippen molar-refractivity contribution in [2.45, 2.75) is 53.6 Å². The van der Waals surface area contributed by atoms with Crippen LogP contribution in [0.25, 0.3) is 22.5 Å². The summed E-state index contributed by atoms with van der Waals surface area (Å²) in [7, 11) is 0. The molecule has 3 aromatic rings. The maximum atomic E-state index is 12.5. The van der Waals surface area contributed by atoms with E-state index in [-0.39, 0.29) is 6.09 Å². The van der Waals surface area contributed by atoms with E-state index in [1.54, 1.807) is 4.90 Å². The number of amides is 1. The second-order valence-corrected chi connectivity index (χ2v) is 9.89. The van der Waals surface area contributed by atoms with Crippen molar-refractivity contribution < 1.29 is 9.53 Å². The molecule has 1 aliphatic rings. The van der Waals surface area contributed by atoms with Crippen molar-refractivity contribution in [3.63, 3.8) is 0 Å². The lowest BCUT2D eigenvalue weighted by molar-refractivity contribution is 0.0270. The minimum atomic E-state index is -0.519. The van der Waals surface area contributed by atoms with Gasteiger partial charge in [0.15, 0.2) is 0 Å². The molecule has 0 radical (unpaired) electrons. The molecule has 4 rings (SSSR count). The summed E-state index contributed by atoms with van der Waals surface area (Å²) in [5.41, 5.74) is 5.11. The summed E-state index contributed by atoms with van der Waals surface area (Å²) < 4.78 is 7.35. The Hall–Kier alpha value is -2.76. The smallest absolute Gasteiger partial charge is 0.410 e. The molecular formula is C28H33Cl2N3O2. The van der Waals surface area contributed by atoms with Crippen molar-refractivity contribution in [1.29, 1.82) is 0 Å². The summed E-state index contributed by atoms with van der Waals surface area (Å²) in [5.74, 6) is 0. The van der Waals surface area contributed by atoms with Crippen LogP contribution in [0.5, 0.6) is 0 Å². The van der Waals surface area contributed by atoms with Gasteiger partial charge in [0, 0.05) is 24.2 Å². The Labute approximate surface area is 218 Å². The number of halogens is 2. The maximum absolute atomic E-state index is 12.5. The van der Waals surface area contributed by atoms with Crippen LogP contribution < -0.4 is 0 Å². The first-order valence-electron chi connectivity index (χ1n) is 11.9. The third kappa shape index (κ3) is 6.09. The normalized spacial score (nSPS) is 13.6. The van der Waals surface area contributed by atoms with Crippen molar-refractivity contribution in [3.8, 4) is 16.9 Å². The molecule has 0 N–H and O–H groups in total. The van der Waals surface area contributed by atoms with E-state index in [1.165, 1.54) is 0 Å². The zero-order valence-corrected chi connectivity index (χ0v) is 22.7. The van der Waals surface area contributed by atoms with Crippen LogP contribution in [-0.2, 0) is 4.74 Å². The minimum Gasteiger partial charge on any atom is -0.444 e. The van der Waals surface area contributed by atoms with E-state index in [4.69, 9.17) is 33.0 Å². The molecule has 2 aromatic carbocycles. The molecule has 0 fully saturated rings. The van der Waals surface area contributed by atoms with Crippen LogP contribution in [0.3, 0.4) is 0 Å². The van der Waals surface area contributed by atoms with Gasteiger partial charge in [-0.05, 0) is 51.8 Å². The summed E-state index contributed by atoms with van der Waals surface area (Å²) >= 11 is 13.1. The van der Waals surface area contributed by atoms with Crippen molar-refractivity contribution in [3.05, 3.63) is 75.9 Å². The molecule has 1 aliphatic heterocycles. The van der Waals surface area contributed by atoms with E-state index in [1.807, 2.05) is 75.7 Å². The van der Waals surface area contributed by atoms with Gasteiger partial charge in [-0.1, -0.05) is 79.5 Å². The first-order chi connectivity index (χ1) is 16.7. The topological polar surface area (TPSA) is 47.4 Å². The molecule has 0 aliphatic carbocycles. The van der Waals surface area contributed by atoms with Crippen molar-refractivity contribution in [2.24, 2.45) is 0 Å². The number of para-hydroxylation sites is 1. The number of nitrogens with zero attached hydrogens (tertiary/aromatic N) is 3. The van der Waals surface area contributed by atoms with Crippen LogP contribution in [0, 0.1) is 6.92 Å². The van der Waals surface area contributed by atoms with Crippen LogP contribution >= 0.6 is 23.2 Å². The van der Waals surface area contributed by atoms with Gasteiger partial charge in [-0.3, -0.25) is 0 Å². The Morgan fingerprint density at radius 1 is 1.00 bits per heavy atom. The van der Waals surface area contributed by atoms with Gasteiger partial charge in [0.25, 0.3) is 0 Å². The quantitative estimate of drug-likeness (QED) is 0.354. The third-order valence-corrected chi connectivity index (χ3v) is 6.09. The fraction of sp³-hybridized carbons (Fsp3) is 0.357. The summed E-state index contributed by atoms with van der Waals surface area (Å²) in [5, 5.41) is 6.04. The zero-order valence-electron chi connectivity index (χ0n) is 21.2. The molecule has 0 unspecified atom stereocenters. The fourth-order valence-corrected chi connectivity index (χ4v) is 4.52. The molecule has 7 heteroatoms. The summed E-state index contributed by atoms with van der Waals surface area (Å²) in [6.45, 7) is 12.7. The van der Waals surface area contributed by atoms with Gasteiger partial charge >= 0.3 is 6.09 Å². The van der Waals surface area contributed by atoms with Crippen LogP contribution in [0.4, 0.5) is 4.79 Å². The van der Waals surface area contributed by atoms with Crippen LogP contribution in [-0.4, -0.2) is 39.5 Å². The lowest BCUT2D eigenvalue weighted by atomic mass is 9.99. The molecule has 186 valence electrons. The molecule has 0 saturated heterocycles. The number of ether oxygens (including phenoxy) is 1. The Balaban J connectivity index is 0.00000167. The van der Waals surface area contributed by atoms with Gasteiger partial charge in [-0.2, -0.15) is 5.10 Å². The Bertz CT molecular complexity index is 1190. The van der Waals surface area contributed by atoms with E-state index in [2.05, 4.69) is 25.1 Å². The summed E-state index contributed by atoms with van der Waals surface area (Å²) in [4.78, 5) is 14.2. The number of carbonyl (C=O) groups is 1. The van der Waals surface area contributed by atoms with Gasteiger partial charge in [0.2, 0.25) is 0 Å². The van der Waals surface area contributed by atoms with E-state index in [0.29, 0.717) is 35.2 Å². The average molecular weight is 514 g/mol. The van der Waals surface area contributed by atoms with Crippen LogP contribution in [0.15, 0.2) is 54.6 Å². The number of hydrogen-bond acceptors (Lipinski definition) is 3. The summed E-state index contributed by atoms with van der Waals surface area (Å²) in [6.07, 6.45) is 2.44. The average Bonchev–Trinajstić information content (AvgIpc) is 3.16. The Kier molecular flexibility index (Phi) is 8.68. The standard InChI is InChI=1S/C26H27Cl2N3O2.C2H6/c1-17-22(18-13-15-30(16-14-18)25(32)33-26(2,3)4)29-31(23(17)19-9-6-5-7-10-19)24-20(27)11-8-12-21(24)28;1-2/h5-13H,14-16H2,1-4H3;1-2H3. The Morgan fingerprint density at radius 2 is 1.63 bits per heavy atom. The van der Waals surface area contributed by atoms with Gasteiger partial charge in [0.05, 0.1) is 21.4 Å². The van der Waals surface area contributed by atoms with Gasteiger partial charge < -0.3 is 9.64 Å². The molecule has 0 bridgehead atoms. The summed E-state index contributed by atoms with van der Waals surface area (Å²) in [6, 6.07) is 15.5. The second-order valence-electron chi connectivity index (χ2n) is 9.08. The van der Waals surface area contributed by atoms with E-state index in [9.17, 15) is 4.79 Å². The number of benzene rings is 2. The number of aromatic nitrogens is 2. The SMILES string of the molecule is CC.Cc1c(C2=CCN(C(=O)OC(C)(C)C)CC2)nn(-c2c(Cl)cccc2Cl)c1-c1ccccc1. The molecule has 2 heterocycles. The van der Waals surface area contributed by atoms with Gasteiger partial charge in [-0.25, -0.2) is 9.48 Å². The number of carbonyl (C=O) groups excluding carboxylic acids is 1. The minimum absolute atomic E-state index is 0.298. The molecule has 35 heavy (non-hydrogen) atoms. The second kappa shape index (κ2) is 11.3. The number of hydrogen-bond donors (Lipinski definition) is 0. The highest BCUT2D eigenvalue weighted by Gasteiger charge is 2.27. The molecule has 1 amide bonds. The lowest BCUT2D eigenvalue weighted by Gasteiger charge is -2.29. The van der Waals surface area contributed by atoms with Crippen LogP contribution in [0.2, 0.25) is 10.0 Å². The highest BCUT2D eigenvalue weighted by atomic mass is 35.5. The predicted octanol–water partition coefficient (Wildman–Crippen LogP) is 8.20. The molecule has 0 saturated carbocycles. The maximum Gasteiger partial charge on any atom is 0.410 e. The molecule has 1 aromatic heterocycles. The van der Waals surface area contributed by atoms with E-state index >= 15 is 0 Å². The first-order valence-corrected chi connectivity index (χ1v) is 12.7. The van der Waals surface area contributed by atoms with Crippen molar-refractivity contribution in [1.82, 2.24) is 14.7 Å². The largest absolute Gasteiger partial charge is 0.444 e. The fourth-order valence-electron chi connectivity index (χ4n) is 3.97. The first kappa shape index (κ1) is 26.8. The molecule has 0 atom stereocenters. The van der Waals surface area contributed by atoms with Crippen LogP contribution in [0.1, 0.15) is 52.3 Å².